The molecule has 0 aliphatic heterocycles. The lowest BCUT2D eigenvalue weighted by molar-refractivity contribution is -0.339. The van der Waals surface area contributed by atoms with Gasteiger partial charge in [-0.2, -0.15) is 30.7 Å². The average Bonchev–Trinajstić information content (AvgIpc) is 2.67. The number of nitrogens with zero attached hydrogens (tertiary/aromatic N) is 2. The van der Waals surface area contributed by atoms with Crippen molar-refractivity contribution in [2.24, 2.45) is 0 Å². The lowest BCUT2D eigenvalue weighted by Gasteiger charge is -2.29. The fraction of sp³-hybridized carbons (Fsp3) is 0.571. The van der Waals surface area contributed by atoms with Gasteiger partial charge in [0.1, 0.15) is 0 Å². The first-order valence-corrected chi connectivity index (χ1v) is 3.96. The molecule has 17 heavy (non-hydrogen) atoms. The number of imidazole rings is 1. The summed E-state index contributed by atoms with van der Waals surface area (Å²) >= 11 is 0. The van der Waals surface area contributed by atoms with Crippen molar-refractivity contribution in [3.63, 3.8) is 0 Å². The summed E-state index contributed by atoms with van der Waals surface area (Å²) in [5.41, 5.74) is 0. The molecule has 0 radical (unpaired) electrons. The highest BCUT2D eigenvalue weighted by Crippen LogP contribution is 2.46. The molecule has 0 fully saturated rings. The zero-order valence-corrected chi connectivity index (χ0v) is 7.73. The Morgan fingerprint density at radius 3 is 1.88 bits per heavy atom. The lowest BCUT2D eigenvalue weighted by Crippen LogP contribution is -2.53. The molecule has 1 aromatic rings. The first-order chi connectivity index (χ1) is 7.51. The normalized spacial score (nSPS) is 16.0. The Kier molecular flexibility index (Phi) is 3.10. The predicted octanol–water partition coefficient (Wildman–Crippen LogP) is 2.97. The maximum Gasteiger partial charge on any atom is 0.456 e. The van der Waals surface area contributed by atoms with E-state index in [-0.39, 0.29) is 6.33 Å². The van der Waals surface area contributed by atoms with Gasteiger partial charge in [0.15, 0.2) is 0 Å². The topological polar surface area (TPSA) is 17.8 Å². The van der Waals surface area contributed by atoms with Crippen LogP contribution in [0.4, 0.5) is 35.1 Å². The summed E-state index contributed by atoms with van der Waals surface area (Å²) in [5.74, 6) is -6.17. The predicted molar refractivity (Wildman–Crippen MR) is 38.3 cm³/mol. The molecule has 1 atom stereocenters. The highest BCUT2D eigenvalue weighted by atomic mass is 19.4. The Hall–Kier alpha value is -1.35. The van der Waals surface area contributed by atoms with E-state index in [2.05, 4.69) is 4.98 Å². The summed E-state index contributed by atoms with van der Waals surface area (Å²) in [4.78, 5) is 3.01. The molecular weight excluding hydrogens is 264 g/mol. The van der Waals surface area contributed by atoms with Gasteiger partial charge in [0.05, 0.1) is 6.33 Å². The highest BCUT2D eigenvalue weighted by Gasteiger charge is 2.70. The van der Waals surface area contributed by atoms with E-state index < -0.39 is 28.9 Å². The number of hydrogen-bond acceptors (Lipinski definition) is 1. The summed E-state index contributed by atoms with van der Waals surface area (Å²) < 4.78 is 98.2. The number of hydrogen-bond donors (Lipinski definition) is 0. The number of halogens is 8. The van der Waals surface area contributed by atoms with E-state index in [0.717, 1.165) is 0 Å². The van der Waals surface area contributed by atoms with Crippen molar-refractivity contribution in [2.45, 2.75) is 24.3 Å². The van der Waals surface area contributed by atoms with Gasteiger partial charge in [-0.15, -0.1) is 0 Å². The van der Waals surface area contributed by atoms with Gasteiger partial charge >= 0.3 is 18.1 Å². The Balaban J connectivity index is 3.09. The van der Waals surface area contributed by atoms with Crippen LogP contribution in [-0.2, 0) is 6.05 Å². The Bertz CT molecular complexity index is 368. The summed E-state index contributed by atoms with van der Waals surface area (Å²) in [6, 6.07) is -5.06. The van der Waals surface area contributed by atoms with E-state index >= 15 is 0 Å². The van der Waals surface area contributed by atoms with Gasteiger partial charge in [-0.05, 0) is 0 Å². The fourth-order valence-electron chi connectivity index (χ4n) is 0.928. The lowest BCUT2D eigenvalue weighted by atomic mass is 10.1. The molecular formula is C7H4F8N2. The van der Waals surface area contributed by atoms with Crippen LogP contribution < -0.4 is 0 Å². The number of alkyl halides is 8. The Labute approximate surface area is 88.9 Å². The van der Waals surface area contributed by atoms with E-state index in [9.17, 15) is 35.1 Å². The van der Waals surface area contributed by atoms with E-state index in [1.165, 1.54) is 0 Å². The summed E-state index contributed by atoms with van der Waals surface area (Å²) in [7, 11) is 0. The minimum atomic E-state index is -6.41. The molecule has 0 aliphatic rings. The summed E-state index contributed by atoms with van der Waals surface area (Å²) in [5, 5.41) is 0. The second-order valence-corrected chi connectivity index (χ2v) is 3.04. The molecule has 1 heterocycles. The highest BCUT2D eigenvalue weighted by molar-refractivity contribution is 4.93. The van der Waals surface area contributed by atoms with Gasteiger partial charge in [0, 0.05) is 12.4 Å². The van der Waals surface area contributed by atoms with E-state index in [1.807, 2.05) is 0 Å². The van der Waals surface area contributed by atoms with Crippen LogP contribution in [0, 0.1) is 0 Å². The van der Waals surface area contributed by atoms with Crippen molar-refractivity contribution in [2.75, 3.05) is 0 Å². The maximum absolute atomic E-state index is 13.0. The molecule has 0 bridgehead atoms. The van der Waals surface area contributed by atoms with Gasteiger partial charge in [-0.25, -0.2) is 9.37 Å². The van der Waals surface area contributed by atoms with Gasteiger partial charge in [0.25, 0.3) is 6.17 Å². The average molecular weight is 268 g/mol. The van der Waals surface area contributed by atoms with Crippen LogP contribution >= 0.6 is 0 Å². The molecule has 1 unspecified atom stereocenters. The van der Waals surface area contributed by atoms with Crippen LogP contribution in [0.5, 0.6) is 0 Å². The van der Waals surface area contributed by atoms with Crippen molar-refractivity contribution < 1.29 is 35.1 Å². The smallest absolute Gasteiger partial charge is 0.275 e. The number of rotatable bonds is 3. The first-order valence-electron chi connectivity index (χ1n) is 3.96. The van der Waals surface area contributed by atoms with Crippen LogP contribution in [-0.4, -0.2) is 27.8 Å². The molecule has 0 aliphatic carbocycles. The molecule has 0 saturated heterocycles. The van der Waals surface area contributed by atoms with Crippen molar-refractivity contribution in [1.29, 1.82) is 0 Å². The van der Waals surface area contributed by atoms with Crippen molar-refractivity contribution in [3.05, 3.63) is 18.7 Å². The minimum absolute atomic E-state index is 0.235. The van der Waals surface area contributed by atoms with Crippen molar-refractivity contribution in [3.8, 4) is 0 Å². The molecule has 98 valence electrons. The van der Waals surface area contributed by atoms with Crippen LogP contribution in [0.1, 0.15) is 0 Å². The zero-order chi connectivity index (χ0) is 13.5. The third-order valence-electron chi connectivity index (χ3n) is 1.85. The van der Waals surface area contributed by atoms with Gasteiger partial charge in [0.2, 0.25) is 0 Å². The fourth-order valence-corrected chi connectivity index (χ4v) is 0.928. The quantitative estimate of drug-likeness (QED) is 0.770. The maximum atomic E-state index is 13.0. The summed E-state index contributed by atoms with van der Waals surface area (Å²) in [6.45, 7) is 0. The van der Waals surface area contributed by atoms with Crippen LogP contribution in [0.25, 0.3) is 0 Å². The minimum Gasteiger partial charge on any atom is -0.275 e. The SMILES string of the molecule is FC(C(F)(F)n1ccnc1)C(F)(F)C(F)(F)F. The van der Waals surface area contributed by atoms with Gasteiger partial charge < -0.3 is 0 Å². The van der Waals surface area contributed by atoms with Crippen LogP contribution in [0.15, 0.2) is 18.7 Å². The molecule has 1 aromatic heterocycles. The third-order valence-corrected chi connectivity index (χ3v) is 1.85. The Morgan fingerprint density at radius 2 is 1.53 bits per heavy atom. The molecule has 0 saturated carbocycles. The van der Waals surface area contributed by atoms with Crippen LogP contribution in [0.3, 0.4) is 0 Å². The monoisotopic (exact) mass is 268 g/mol. The molecule has 0 N–H and O–H groups in total. The number of aromatic nitrogens is 2. The first kappa shape index (κ1) is 13.7. The molecule has 0 amide bonds. The Morgan fingerprint density at radius 1 is 1.00 bits per heavy atom. The molecule has 1 rings (SSSR count). The largest absolute Gasteiger partial charge is 0.456 e. The van der Waals surface area contributed by atoms with Crippen molar-refractivity contribution >= 4 is 0 Å². The third kappa shape index (κ3) is 2.20. The summed E-state index contributed by atoms with van der Waals surface area (Å²) in [6.07, 6.45) is -9.86. The van der Waals surface area contributed by atoms with E-state index in [0.29, 0.717) is 12.4 Å². The standard InChI is InChI=1S/C7H4F8N2/c8-4(5(9,10)7(13,14)15)6(11,12)17-2-1-16-3-17/h1-4H. The van der Waals surface area contributed by atoms with Crippen LogP contribution in [0.2, 0.25) is 0 Å². The molecule has 10 heteroatoms. The zero-order valence-electron chi connectivity index (χ0n) is 7.73. The molecule has 0 spiro atoms. The second-order valence-electron chi connectivity index (χ2n) is 3.04. The van der Waals surface area contributed by atoms with E-state index in [1.54, 1.807) is 0 Å². The van der Waals surface area contributed by atoms with E-state index in [4.69, 9.17) is 0 Å². The van der Waals surface area contributed by atoms with Crippen molar-refractivity contribution in [1.82, 2.24) is 9.55 Å². The second kappa shape index (κ2) is 3.84. The van der Waals surface area contributed by atoms with Gasteiger partial charge in [-0.1, -0.05) is 0 Å². The molecule has 2 nitrogen and oxygen atoms in total. The van der Waals surface area contributed by atoms with Gasteiger partial charge in [-0.3, -0.25) is 4.57 Å². The molecule has 0 aromatic carbocycles.